The molecule has 1 aromatic rings. The van der Waals surface area contributed by atoms with Crippen molar-refractivity contribution in [2.75, 3.05) is 6.54 Å². The topological polar surface area (TPSA) is 12.0 Å². The molecule has 0 spiro atoms. The molecule has 1 aliphatic rings. The van der Waals surface area contributed by atoms with Crippen LogP contribution in [-0.2, 0) is 6.42 Å². The van der Waals surface area contributed by atoms with Crippen LogP contribution < -0.4 is 5.32 Å². The quantitative estimate of drug-likeness (QED) is 0.768. The molecule has 19 heavy (non-hydrogen) atoms. The van der Waals surface area contributed by atoms with E-state index in [0.717, 1.165) is 12.0 Å². The lowest BCUT2D eigenvalue weighted by Gasteiger charge is -2.21. The average Bonchev–Trinajstić information content (AvgIpc) is 2.64. The fourth-order valence-electron chi connectivity index (χ4n) is 3.33. The summed E-state index contributed by atoms with van der Waals surface area (Å²) in [5.41, 5.74) is 3.02. The second-order valence-electron chi connectivity index (χ2n) is 6.17. The van der Waals surface area contributed by atoms with Crippen molar-refractivity contribution in [2.45, 2.75) is 64.8 Å². The van der Waals surface area contributed by atoms with Gasteiger partial charge in [0.25, 0.3) is 0 Å². The highest BCUT2D eigenvalue weighted by Gasteiger charge is 2.20. The van der Waals surface area contributed by atoms with Crippen molar-refractivity contribution in [1.82, 2.24) is 5.32 Å². The van der Waals surface area contributed by atoms with Crippen LogP contribution in [0.5, 0.6) is 0 Å². The van der Waals surface area contributed by atoms with E-state index < -0.39 is 0 Å². The van der Waals surface area contributed by atoms with Crippen LogP contribution in [0.15, 0.2) is 24.3 Å². The molecule has 0 heterocycles. The Hall–Kier alpha value is -0.820. The van der Waals surface area contributed by atoms with Gasteiger partial charge in [0, 0.05) is 6.04 Å². The maximum atomic E-state index is 3.74. The van der Waals surface area contributed by atoms with E-state index >= 15 is 0 Å². The van der Waals surface area contributed by atoms with Crippen molar-refractivity contribution in [1.29, 1.82) is 0 Å². The van der Waals surface area contributed by atoms with Crippen molar-refractivity contribution in [3.63, 3.8) is 0 Å². The van der Waals surface area contributed by atoms with E-state index in [2.05, 4.69) is 43.4 Å². The molecule has 1 N–H and O–H groups in total. The monoisotopic (exact) mass is 259 g/mol. The summed E-state index contributed by atoms with van der Waals surface area (Å²) in [6.07, 6.45) is 9.51. The summed E-state index contributed by atoms with van der Waals surface area (Å²) in [7, 11) is 0. The van der Waals surface area contributed by atoms with E-state index in [1.807, 2.05) is 0 Å². The van der Waals surface area contributed by atoms with Crippen LogP contribution in [0.2, 0.25) is 0 Å². The third-order valence-corrected chi connectivity index (χ3v) is 4.49. The van der Waals surface area contributed by atoms with Gasteiger partial charge in [-0.25, -0.2) is 0 Å². The zero-order chi connectivity index (χ0) is 13.5. The highest BCUT2D eigenvalue weighted by molar-refractivity contribution is 5.25. The van der Waals surface area contributed by atoms with E-state index in [-0.39, 0.29) is 0 Å². The van der Waals surface area contributed by atoms with Crippen molar-refractivity contribution in [3.8, 4) is 0 Å². The first kappa shape index (κ1) is 14.6. The molecule has 1 aromatic carbocycles. The second-order valence-corrected chi connectivity index (χ2v) is 6.17. The summed E-state index contributed by atoms with van der Waals surface area (Å²) in [4.78, 5) is 0. The van der Waals surface area contributed by atoms with E-state index in [9.17, 15) is 0 Å². The smallest absolute Gasteiger partial charge is 0.00698 e. The Morgan fingerprint density at radius 2 is 1.95 bits per heavy atom. The molecule has 2 atom stereocenters. The van der Waals surface area contributed by atoms with Crippen molar-refractivity contribution in [2.24, 2.45) is 5.92 Å². The second kappa shape index (κ2) is 7.69. The number of rotatable bonds is 5. The SMILES string of the molecule is CCCNC1CCCCC(Cc2ccccc2C)C1. The van der Waals surface area contributed by atoms with Gasteiger partial charge >= 0.3 is 0 Å². The van der Waals surface area contributed by atoms with Crippen LogP contribution >= 0.6 is 0 Å². The Kier molecular flexibility index (Phi) is 5.91. The normalized spacial score (nSPS) is 24.1. The van der Waals surface area contributed by atoms with Crippen molar-refractivity contribution >= 4 is 0 Å². The van der Waals surface area contributed by atoms with Crippen LogP contribution in [0.4, 0.5) is 0 Å². The summed E-state index contributed by atoms with van der Waals surface area (Å²) in [5, 5.41) is 3.74. The first-order chi connectivity index (χ1) is 9.29. The number of aryl methyl sites for hydroxylation is 1. The fraction of sp³-hybridized carbons (Fsp3) is 0.667. The largest absolute Gasteiger partial charge is 0.314 e. The van der Waals surface area contributed by atoms with E-state index in [0.29, 0.717) is 0 Å². The predicted molar refractivity (Wildman–Crippen MR) is 83.5 cm³/mol. The molecule has 2 unspecified atom stereocenters. The van der Waals surface area contributed by atoms with Crippen molar-refractivity contribution < 1.29 is 0 Å². The zero-order valence-corrected chi connectivity index (χ0v) is 12.6. The summed E-state index contributed by atoms with van der Waals surface area (Å²) in [6.45, 7) is 5.69. The molecular formula is C18H29N. The van der Waals surface area contributed by atoms with E-state index in [1.165, 1.54) is 57.1 Å². The van der Waals surface area contributed by atoms with Gasteiger partial charge in [-0.2, -0.15) is 0 Å². The van der Waals surface area contributed by atoms with Gasteiger partial charge in [0.05, 0.1) is 0 Å². The number of hydrogen-bond acceptors (Lipinski definition) is 1. The molecule has 1 saturated carbocycles. The van der Waals surface area contributed by atoms with Crippen LogP contribution in [0.25, 0.3) is 0 Å². The van der Waals surface area contributed by atoms with E-state index in [4.69, 9.17) is 0 Å². The standard InChI is InChI=1S/C18H29N/c1-3-12-19-18-11-7-5-9-16(14-18)13-17-10-6-4-8-15(17)2/h4,6,8,10,16,18-19H,3,5,7,9,11-14H2,1-2H3. The van der Waals surface area contributed by atoms with E-state index in [1.54, 1.807) is 5.56 Å². The third kappa shape index (κ3) is 4.65. The molecule has 1 heteroatoms. The first-order valence-corrected chi connectivity index (χ1v) is 8.07. The van der Waals surface area contributed by atoms with Crippen LogP contribution in [0, 0.1) is 12.8 Å². The Labute approximate surface area is 118 Å². The molecule has 2 rings (SSSR count). The van der Waals surface area contributed by atoms with Crippen LogP contribution in [0.3, 0.4) is 0 Å². The summed E-state index contributed by atoms with van der Waals surface area (Å²) >= 11 is 0. The minimum absolute atomic E-state index is 0.761. The lowest BCUT2D eigenvalue weighted by atomic mass is 9.89. The molecule has 106 valence electrons. The average molecular weight is 259 g/mol. The number of nitrogens with one attached hydrogen (secondary N) is 1. The number of benzene rings is 1. The summed E-state index contributed by atoms with van der Waals surface area (Å²) in [5.74, 6) is 0.873. The maximum Gasteiger partial charge on any atom is 0.00698 e. The Bertz CT molecular complexity index is 372. The van der Waals surface area contributed by atoms with Gasteiger partial charge in [0.2, 0.25) is 0 Å². The Morgan fingerprint density at radius 3 is 2.74 bits per heavy atom. The summed E-state index contributed by atoms with van der Waals surface area (Å²) < 4.78 is 0. The van der Waals surface area contributed by atoms with Gasteiger partial charge in [-0.05, 0) is 56.2 Å². The summed E-state index contributed by atoms with van der Waals surface area (Å²) in [6, 6.07) is 9.66. The first-order valence-electron chi connectivity index (χ1n) is 8.07. The molecule has 1 aliphatic carbocycles. The molecule has 1 nitrogen and oxygen atoms in total. The predicted octanol–water partition coefficient (Wildman–Crippen LogP) is 4.49. The molecule has 0 aromatic heterocycles. The molecule has 0 bridgehead atoms. The molecule has 0 amide bonds. The lowest BCUT2D eigenvalue weighted by Crippen LogP contribution is -2.31. The van der Waals surface area contributed by atoms with Crippen LogP contribution in [-0.4, -0.2) is 12.6 Å². The Balaban J connectivity index is 1.93. The fourth-order valence-corrected chi connectivity index (χ4v) is 3.33. The van der Waals surface area contributed by atoms with Gasteiger partial charge in [-0.3, -0.25) is 0 Å². The van der Waals surface area contributed by atoms with Gasteiger partial charge in [0.15, 0.2) is 0 Å². The van der Waals surface area contributed by atoms with Gasteiger partial charge in [-0.15, -0.1) is 0 Å². The number of hydrogen-bond donors (Lipinski definition) is 1. The molecular weight excluding hydrogens is 230 g/mol. The van der Waals surface area contributed by atoms with Gasteiger partial charge < -0.3 is 5.32 Å². The maximum absolute atomic E-state index is 3.74. The molecule has 0 saturated heterocycles. The minimum atomic E-state index is 0.761. The highest BCUT2D eigenvalue weighted by Crippen LogP contribution is 2.27. The zero-order valence-electron chi connectivity index (χ0n) is 12.6. The molecule has 0 radical (unpaired) electrons. The van der Waals surface area contributed by atoms with Crippen molar-refractivity contribution in [3.05, 3.63) is 35.4 Å². The van der Waals surface area contributed by atoms with Crippen LogP contribution in [0.1, 0.15) is 56.6 Å². The minimum Gasteiger partial charge on any atom is -0.314 e. The third-order valence-electron chi connectivity index (χ3n) is 4.49. The van der Waals surface area contributed by atoms with Gasteiger partial charge in [-0.1, -0.05) is 50.5 Å². The molecule has 0 aliphatic heterocycles. The highest BCUT2D eigenvalue weighted by atomic mass is 14.9. The Morgan fingerprint density at radius 1 is 1.16 bits per heavy atom. The lowest BCUT2D eigenvalue weighted by molar-refractivity contribution is 0.384. The van der Waals surface area contributed by atoms with Gasteiger partial charge in [0.1, 0.15) is 0 Å². The molecule has 1 fully saturated rings.